The van der Waals surface area contributed by atoms with Crippen LogP contribution < -0.4 is 0 Å². The molecule has 0 aliphatic rings. The molecule has 0 atom stereocenters. The van der Waals surface area contributed by atoms with Crippen molar-refractivity contribution < 1.29 is 0 Å². The summed E-state index contributed by atoms with van der Waals surface area (Å²) in [7, 11) is 0. The SMILES string of the molecule is c1ccc(-c2nc3ccccn3c2-c2cccc(-c3cc(-c4nc(-c5ccccc5)c5ccc6ccccc6c5n4)cc(-c4cccc5ccccc45)c3)c2)cc1. The zero-order chi connectivity index (χ0) is 37.7. The van der Waals surface area contributed by atoms with E-state index < -0.39 is 0 Å². The summed E-state index contributed by atoms with van der Waals surface area (Å²) < 4.78 is 2.19. The van der Waals surface area contributed by atoms with Crippen molar-refractivity contribution in [1.29, 1.82) is 0 Å². The summed E-state index contributed by atoms with van der Waals surface area (Å²) in [4.78, 5) is 15.9. The van der Waals surface area contributed by atoms with Crippen LogP contribution in [0, 0.1) is 0 Å². The van der Waals surface area contributed by atoms with Crippen LogP contribution in [0.25, 0.3) is 106 Å². The quantitative estimate of drug-likeness (QED) is 0.160. The Hall–Kier alpha value is -7.69. The number of pyridine rings is 1. The molecule has 266 valence electrons. The van der Waals surface area contributed by atoms with Crippen molar-refractivity contribution in [3.63, 3.8) is 0 Å². The number of rotatable bonds is 6. The molecular weight excluding hydrogens is 693 g/mol. The van der Waals surface area contributed by atoms with Gasteiger partial charge >= 0.3 is 0 Å². The Labute approximate surface area is 330 Å². The molecule has 11 rings (SSSR count). The Balaban J connectivity index is 1.17. The Kier molecular flexibility index (Phi) is 7.78. The van der Waals surface area contributed by atoms with Gasteiger partial charge in [0.15, 0.2) is 5.82 Å². The molecule has 3 heterocycles. The zero-order valence-electron chi connectivity index (χ0n) is 30.9. The van der Waals surface area contributed by atoms with Crippen molar-refractivity contribution in [2.45, 2.75) is 0 Å². The summed E-state index contributed by atoms with van der Waals surface area (Å²) in [6.45, 7) is 0. The average molecular weight is 727 g/mol. The maximum absolute atomic E-state index is 5.41. The highest BCUT2D eigenvalue weighted by Gasteiger charge is 2.19. The van der Waals surface area contributed by atoms with E-state index in [4.69, 9.17) is 15.0 Å². The van der Waals surface area contributed by atoms with Gasteiger partial charge in [0.05, 0.1) is 22.6 Å². The van der Waals surface area contributed by atoms with Gasteiger partial charge in [0.1, 0.15) is 5.65 Å². The first-order valence-electron chi connectivity index (χ1n) is 19.3. The van der Waals surface area contributed by atoms with E-state index in [1.54, 1.807) is 0 Å². The lowest BCUT2D eigenvalue weighted by Gasteiger charge is -2.15. The van der Waals surface area contributed by atoms with Gasteiger partial charge in [0.25, 0.3) is 0 Å². The third-order valence-corrected chi connectivity index (χ3v) is 11.0. The molecule has 4 nitrogen and oxygen atoms in total. The second-order valence-corrected chi connectivity index (χ2v) is 14.5. The molecule has 0 fully saturated rings. The standard InChI is InChI=1S/C53H34N4/c1-3-17-37(18-4-1)49-47-29-28-36-16-8-10-25-46(36)51(47)56-53(55-49)43-33-41(32-42(34-43)45-26-14-21-35-15-7-9-24-44(35)45)39-22-13-23-40(31-39)52-50(38-19-5-2-6-20-38)54-48-27-11-12-30-57(48)52/h1-34H. The Morgan fingerprint density at radius 1 is 0.333 bits per heavy atom. The van der Waals surface area contributed by atoms with Gasteiger partial charge in [-0.3, -0.25) is 4.40 Å². The van der Waals surface area contributed by atoms with E-state index in [1.165, 1.54) is 10.8 Å². The molecule has 0 radical (unpaired) electrons. The normalized spacial score (nSPS) is 11.5. The van der Waals surface area contributed by atoms with Gasteiger partial charge in [-0.2, -0.15) is 0 Å². The summed E-state index contributed by atoms with van der Waals surface area (Å²) in [5, 5.41) is 5.69. The number of hydrogen-bond donors (Lipinski definition) is 0. The molecule has 0 spiro atoms. The summed E-state index contributed by atoms with van der Waals surface area (Å²) in [6.07, 6.45) is 2.10. The molecule has 4 heteroatoms. The average Bonchev–Trinajstić information content (AvgIpc) is 3.69. The summed E-state index contributed by atoms with van der Waals surface area (Å²) >= 11 is 0. The van der Waals surface area contributed by atoms with Gasteiger partial charge < -0.3 is 0 Å². The minimum absolute atomic E-state index is 0.686. The number of fused-ring (bicyclic) bond motifs is 5. The van der Waals surface area contributed by atoms with E-state index >= 15 is 0 Å². The fraction of sp³-hybridized carbons (Fsp3) is 0. The van der Waals surface area contributed by atoms with Gasteiger partial charge in [0.2, 0.25) is 0 Å². The first kappa shape index (κ1) is 32.7. The fourth-order valence-corrected chi connectivity index (χ4v) is 8.28. The second kappa shape index (κ2) is 13.6. The Morgan fingerprint density at radius 3 is 1.75 bits per heavy atom. The highest BCUT2D eigenvalue weighted by molar-refractivity contribution is 6.10. The van der Waals surface area contributed by atoms with Crippen LogP contribution in [0.1, 0.15) is 0 Å². The third kappa shape index (κ3) is 5.74. The fourth-order valence-electron chi connectivity index (χ4n) is 8.28. The zero-order valence-corrected chi connectivity index (χ0v) is 30.9. The summed E-state index contributed by atoms with van der Waals surface area (Å²) in [6, 6.07) is 70.7. The van der Waals surface area contributed by atoms with Crippen LogP contribution in [0.5, 0.6) is 0 Å². The lowest BCUT2D eigenvalue weighted by atomic mass is 9.92. The number of hydrogen-bond acceptors (Lipinski definition) is 3. The number of benzene rings is 8. The van der Waals surface area contributed by atoms with Crippen LogP contribution in [0.3, 0.4) is 0 Å². The first-order chi connectivity index (χ1) is 28.2. The molecule has 0 bridgehead atoms. The molecule has 0 amide bonds. The van der Waals surface area contributed by atoms with E-state index in [1.807, 2.05) is 18.2 Å². The Morgan fingerprint density at radius 2 is 0.930 bits per heavy atom. The van der Waals surface area contributed by atoms with Crippen molar-refractivity contribution in [2.75, 3.05) is 0 Å². The minimum Gasteiger partial charge on any atom is -0.299 e. The van der Waals surface area contributed by atoms with E-state index in [-0.39, 0.29) is 0 Å². The lowest BCUT2D eigenvalue weighted by molar-refractivity contribution is 1.19. The predicted molar refractivity (Wildman–Crippen MR) is 236 cm³/mol. The summed E-state index contributed by atoms with van der Waals surface area (Å²) in [5.74, 6) is 0.686. The van der Waals surface area contributed by atoms with Gasteiger partial charge in [-0.15, -0.1) is 0 Å². The molecule has 3 aromatic heterocycles. The second-order valence-electron chi connectivity index (χ2n) is 14.5. The molecular formula is C53H34N4. The van der Waals surface area contributed by atoms with Gasteiger partial charge in [0, 0.05) is 39.2 Å². The maximum atomic E-state index is 5.41. The molecule has 57 heavy (non-hydrogen) atoms. The van der Waals surface area contributed by atoms with Crippen LogP contribution in [0.15, 0.2) is 206 Å². The highest BCUT2D eigenvalue weighted by Crippen LogP contribution is 2.40. The largest absolute Gasteiger partial charge is 0.299 e. The van der Waals surface area contributed by atoms with Crippen LogP contribution in [0.4, 0.5) is 0 Å². The molecule has 0 N–H and O–H groups in total. The molecule has 11 aromatic rings. The topological polar surface area (TPSA) is 43.1 Å². The van der Waals surface area contributed by atoms with Crippen LogP contribution in [0.2, 0.25) is 0 Å². The van der Waals surface area contributed by atoms with Gasteiger partial charge in [-0.05, 0) is 80.9 Å². The molecule has 0 aliphatic heterocycles. The smallest absolute Gasteiger partial charge is 0.160 e. The number of aromatic nitrogens is 4. The molecule has 0 aliphatic carbocycles. The van der Waals surface area contributed by atoms with Gasteiger partial charge in [-0.25, -0.2) is 15.0 Å². The van der Waals surface area contributed by atoms with Crippen molar-refractivity contribution in [1.82, 2.24) is 19.4 Å². The Bertz CT molecular complexity index is 3290. The number of imidazole rings is 1. The van der Waals surface area contributed by atoms with E-state index in [2.05, 4.69) is 193 Å². The monoisotopic (exact) mass is 726 g/mol. The highest BCUT2D eigenvalue weighted by atomic mass is 15.0. The van der Waals surface area contributed by atoms with Crippen molar-refractivity contribution in [2.24, 2.45) is 0 Å². The minimum atomic E-state index is 0.686. The first-order valence-corrected chi connectivity index (χ1v) is 19.3. The van der Waals surface area contributed by atoms with Gasteiger partial charge in [-0.1, -0.05) is 158 Å². The van der Waals surface area contributed by atoms with Crippen LogP contribution in [-0.2, 0) is 0 Å². The molecule has 0 unspecified atom stereocenters. The third-order valence-electron chi connectivity index (χ3n) is 11.0. The molecule has 0 saturated heterocycles. The predicted octanol–water partition coefficient (Wildman–Crippen LogP) is 13.6. The maximum Gasteiger partial charge on any atom is 0.160 e. The van der Waals surface area contributed by atoms with E-state index in [9.17, 15) is 0 Å². The van der Waals surface area contributed by atoms with Crippen molar-refractivity contribution in [3.8, 4) is 67.4 Å². The van der Waals surface area contributed by atoms with Crippen LogP contribution in [-0.4, -0.2) is 19.4 Å². The summed E-state index contributed by atoms with van der Waals surface area (Å²) in [5.41, 5.74) is 13.4. The van der Waals surface area contributed by atoms with Crippen molar-refractivity contribution >= 4 is 38.1 Å². The number of nitrogens with zero attached hydrogens (tertiary/aromatic N) is 4. The molecule has 0 saturated carbocycles. The van der Waals surface area contributed by atoms with E-state index in [0.717, 1.165) is 88.9 Å². The van der Waals surface area contributed by atoms with Crippen LogP contribution >= 0.6 is 0 Å². The van der Waals surface area contributed by atoms with E-state index in [0.29, 0.717) is 5.82 Å². The van der Waals surface area contributed by atoms with Crippen molar-refractivity contribution in [3.05, 3.63) is 206 Å². The lowest BCUT2D eigenvalue weighted by Crippen LogP contribution is -1.97. The molecule has 8 aromatic carbocycles.